The molecule has 5 nitrogen and oxygen atoms in total. The molecule has 0 bridgehead atoms. The van der Waals surface area contributed by atoms with E-state index < -0.39 is 0 Å². The molecule has 2 rings (SSSR count). The smallest absolute Gasteiger partial charge is 0.257 e. The minimum absolute atomic E-state index is 0.116. The van der Waals surface area contributed by atoms with Crippen molar-refractivity contribution in [3.05, 3.63) is 17.0 Å². The molecular formula is C14H24N4O. The Balaban J connectivity index is 2.06. The van der Waals surface area contributed by atoms with Crippen LogP contribution in [-0.2, 0) is 0 Å². The van der Waals surface area contributed by atoms with Crippen molar-refractivity contribution in [3.63, 3.8) is 0 Å². The van der Waals surface area contributed by atoms with Gasteiger partial charge in [-0.3, -0.25) is 9.89 Å². The molecule has 2 N–H and O–H groups in total. The number of likely N-dealkylation sites (tertiary alicyclic amines) is 1. The number of carbonyl (C=O) groups excluding carboxylic acids is 1. The lowest BCUT2D eigenvalue weighted by Crippen LogP contribution is -2.50. The quantitative estimate of drug-likeness (QED) is 0.869. The van der Waals surface area contributed by atoms with Gasteiger partial charge in [-0.2, -0.15) is 5.10 Å². The Kier molecular flexibility index (Phi) is 4.24. The van der Waals surface area contributed by atoms with E-state index >= 15 is 0 Å². The number of carbonyl (C=O) groups is 1. The maximum Gasteiger partial charge on any atom is 0.257 e. The molecule has 1 aliphatic heterocycles. The van der Waals surface area contributed by atoms with E-state index in [1.165, 1.54) is 0 Å². The van der Waals surface area contributed by atoms with Crippen LogP contribution in [0.3, 0.4) is 0 Å². The molecule has 0 aromatic carbocycles. The second-order valence-electron chi connectivity index (χ2n) is 5.49. The normalized spacial score (nSPS) is 23.7. The van der Waals surface area contributed by atoms with Crippen LogP contribution >= 0.6 is 0 Å². The Morgan fingerprint density at radius 2 is 2.26 bits per heavy atom. The van der Waals surface area contributed by atoms with Gasteiger partial charge in [0.25, 0.3) is 5.91 Å². The number of H-pyrrole nitrogens is 1. The number of amides is 1. The van der Waals surface area contributed by atoms with Crippen molar-refractivity contribution in [2.24, 2.45) is 5.92 Å². The van der Waals surface area contributed by atoms with Crippen molar-refractivity contribution in [2.45, 2.75) is 40.2 Å². The third-order valence-electron chi connectivity index (χ3n) is 4.00. The van der Waals surface area contributed by atoms with Crippen molar-refractivity contribution >= 4 is 5.91 Å². The molecule has 1 fully saturated rings. The zero-order valence-electron chi connectivity index (χ0n) is 12.3. The molecule has 1 saturated heterocycles. The van der Waals surface area contributed by atoms with Gasteiger partial charge in [0.1, 0.15) is 0 Å². The van der Waals surface area contributed by atoms with Crippen LogP contribution < -0.4 is 5.32 Å². The van der Waals surface area contributed by atoms with Crippen LogP contribution in [0.25, 0.3) is 0 Å². The summed E-state index contributed by atoms with van der Waals surface area (Å²) in [4.78, 5) is 14.5. The number of hydrogen-bond donors (Lipinski definition) is 2. The SMILES string of the molecule is CCNC1CCN(C(=O)c2c(C)n[nH]c2C)CC1C. The highest BCUT2D eigenvalue weighted by molar-refractivity contribution is 5.96. The van der Waals surface area contributed by atoms with Gasteiger partial charge in [0.2, 0.25) is 0 Å². The molecule has 106 valence electrons. The van der Waals surface area contributed by atoms with Crippen molar-refractivity contribution in [1.82, 2.24) is 20.4 Å². The number of aromatic nitrogens is 2. The van der Waals surface area contributed by atoms with Gasteiger partial charge in [-0.15, -0.1) is 0 Å². The minimum Gasteiger partial charge on any atom is -0.338 e. The molecule has 0 aliphatic carbocycles. The van der Waals surface area contributed by atoms with Gasteiger partial charge in [0.15, 0.2) is 0 Å². The zero-order chi connectivity index (χ0) is 14.0. The number of nitrogens with one attached hydrogen (secondary N) is 2. The van der Waals surface area contributed by atoms with Gasteiger partial charge in [-0.25, -0.2) is 0 Å². The van der Waals surface area contributed by atoms with E-state index in [-0.39, 0.29) is 5.91 Å². The molecule has 1 amide bonds. The average Bonchev–Trinajstić information content (AvgIpc) is 2.71. The van der Waals surface area contributed by atoms with Gasteiger partial charge in [-0.05, 0) is 32.7 Å². The summed E-state index contributed by atoms with van der Waals surface area (Å²) in [6.07, 6.45) is 1.02. The van der Waals surface area contributed by atoms with E-state index in [4.69, 9.17) is 0 Å². The maximum atomic E-state index is 12.6. The van der Waals surface area contributed by atoms with E-state index in [1.54, 1.807) is 0 Å². The largest absolute Gasteiger partial charge is 0.338 e. The Morgan fingerprint density at radius 1 is 1.53 bits per heavy atom. The first kappa shape index (κ1) is 14.1. The molecule has 0 radical (unpaired) electrons. The average molecular weight is 264 g/mol. The fourth-order valence-corrected chi connectivity index (χ4v) is 2.92. The van der Waals surface area contributed by atoms with E-state index in [2.05, 4.69) is 29.4 Å². The van der Waals surface area contributed by atoms with E-state index in [1.807, 2.05) is 18.7 Å². The van der Waals surface area contributed by atoms with Crippen molar-refractivity contribution < 1.29 is 4.79 Å². The molecule has 0 saturated carbocycles. The Bertz CT molecular complexity index is 435. The van der Waals surface area contributed by atoms with Crippen molar-refractivity contribution in [3.8, 4) is 0 Å². The fraction of sp³-hybridized carbons (Fsp3) is 0.714. The number of aromatic amines is 1. The summed E-state index contributed by atoms with van der Waals surface area (Å²) in [5.74, 6) is 0.607. The summed E-state index contributed by atoms with van der Waals surface area (Å²) in [6.45, 7) is 10.8. The highest BCUT2D eigenvalue weighted by Crippen LogP contribution is 2.20. The number of hydrogen-bond acceptors (Lipinski definition) is 3. The zero-order valence-corrected chi connectivity index (χ0v) is 12.3. The first-order valence-electron chi connectivity index (χ1n) is 7.08. The summed E-state index contributed by atoms with van der Waals surface area (Å²) in [5.41, 5.74) is 2.40. The van der Waals surface area contributed by atoms with Crippen LogP contribution in [0, 0.1) is 19.8 Å². The molecular weight excluding hydrogens is 240 g/mol. The number of piperidine rings is 1. The minimum atomic E-state index is 0.116. The summed E-state index contributed by atoms with van der Waals surface area (Å²) >= 11 is 0. The van der Waals surface area contributed by atoms with E-state index in [0.29, 0.717) is 12.0 Å². The molecule has 5 heteroatoms. The lowest BCUT2D eigenvalue weighted by atomic mass is 9.93. The second-order valence-corrected chi connectivity index (χ2v) is 5.49. The molecule has 0 spiro atoms. The van der Waals surface area contributed by atoms with Crippen LogP contribution in [0.1, 0.15) is 42.0 Å². The Morgan fingerprint density at radius 3 is 2.79 bits per heavy atom. The summed E-state index contributed by atoms with van der Waals surface area (Å²) < 4.78 is 0. The van der Waals surface area contributed by atoms with E-state index in [9.17, 15) is 4.79 Å². The van der Waals surface area contributed by atoms with Crippen LogP contribution in [0.4, 0.5) is 0 Å². The standard InChI is InChI=1S/C14H24N4O/c1-5-15-12-6-7-18(8-9(12)2)14(19)13-10(3)16-17-11(13)4/h9,12,15H,5-8H2,1-4H3,(H,16,17). The van der Waals surface area contributed by atoms with Crippen LogP contribution in [0.2, 0.25) is 0 Å². The van der Waals surface area contributed by atoms with Gasteiger partial charge >= 0.3 is 0 Å². The Hall–Kier alpha value is -1.36. The number of aryl methyl sites for hydroxylation is 2. The topological polar surface area (TPSA) is 61.0 Å². The molecule has 1 aromatic rings. The van der Waals surface area contributed by atoms with E-state index in [0.717, 1.165) is 43.0 Å². The highest BCUT2D eigenvalue weighted by atomic mass is 16.2. The fourth-order valence-electron chi connectivity index (χ4n) is 2.92. The van der Waals surface area contributed by atoms with Gasteiger partial charge in [0.05, 0.1) is 11.3 Å². The predicted molar refractivity (Wildman–Crippen MR) is 75.2 cm³/mol. The maximum absolute atomic E-state index is 12.6. The van der Waals surface area contributed by atoms with Crippen molar-refractivity contribution in [2.75, 3.05) is 19.6 Å². The second kappa shape index (κ2) is 5.74. The molecule has 2 unspecified atom stereocenters. The van der Waals surface area contributed by atoms with Crippen molar-refractivity contribution in [1.29, 1.82) is 0 Å². The molecule has 2 heterocycles. The molecule has 1 aliphatic rings. The third kappa shape index (κ3) is 2.81. The number of rotatable bonds is 3. The number of nitrogens with zero attached hydrogens (tertiary/aromatic N) is 2. The lowest BCUT2D eigenvalue weighted by Gasteiger charge is -2.37. The van der Waals surface area contributed by atoms with Gasteiger partial charge in [0, 0.05) is 24.8 Å². The summed E-state index contributed by atoms with van der Waals surface area (Å²) in [7, 11) is 0. The van der Waals surface area contributed by atoms with Gasteiger partial charge in [-0.1, -0.05) is 13.8 Å². The van der Waals surface area contributed by atoms with Crippen LogP contribution in [0.15, 0.2) is 0 Å². The first-order chi connectivity index (χ1) is 9.04. The lowest BCUT2D eigenvalue weighted by molar-refractivity contribution is 0.0645. The third-order valence-corrected chi connectivity index (χ3v) is 4.00. The Labute approximate surface area is 114 Å². The molecule has 19 heavy (non-hydrogen) atoms. The molecule has 2 atom stereocenters. The van der Waals surface area contributed by atoms with Crippen LogP contribution in [0.5, 0.6) is 0 Å². The highest BCUT2D eigenvalue weighted by Gasteiger charge is 2.30. The summed E-state index contributed by atoms with van der Waals surface area (Å²) in [5, 5.41) is 10.5. The predicted octanol–water partition coefficient (Wildman–Crippen LogP) is 1.49. The molecule has 1 aromatic heterocycles. The van der Waals surface area contributed by atoms with Crippen LogP contribution in [-0.4, -0.2) is 46.7 Å². The first-order valence-corrected chi connectivity index (χ1v) is 7.08. The monoisotopic (exact) mass is 264 g/mol. The summed E-state index contributed by atoms with van der Waals surface area (Å²) in [6, 6.07) is 0.528. The van der Waals surface area contributed by atoms with Gasteiger partial charge < -0.3 is 10.2 Å².